The van der Waals surface area contributed by atoms with E-state index in [1.807, 2.05) is 44.4 Å². The van der Waals surface area contributed by atoms with Gasteiger partial charge < -0.3 is 20.3 Å². The van der Waals surface area contributed by atoms with E-state index < -0.39 is 0 Å². The van der Waals surface area contributed by atoms with E-state index in [0.717, 1.165) is 5.56 Å². The van der Waals surface area contributed by atoms with Crippen LogP contribution < -0.4 is 15.4 Å². The summed E-state index contributed by atoms with van der Waals surface area (Å²) in [6.45, 7) is 0.458. The molecule has 0 spiro atoms. The number of hydrogen-bond donors (Lipinski definition) is 2. The number of carbonyl (C=O) groups excluding carboxylic acids is 2. The molecule has 0 radical (unpaired) electrons. The summed E-state index contributed by atoms with van der Waals surface area (Å²) in [5.41, 5.74) is 2.23. The minimum atomic E-state index is -0.193. The first-order valence-corrected chi connectivity index (χ1v) is 8.11. The van der Waals surface area contributed by atoms with Crippen LogP contribution in [0.2, 0.25) is 0 Å². The second kappa shape index (κ2) is 7.36. The highest BCUT2D eigenvalue weighted by Crippen LogP contribution is 2.28. The topological polar surface area (TPSA) is 70.7 Å². The second-order valence-electron chi connectivity index (χ2n) is 6.15. The average molecular weight is 339 g/mol. The molecule has 2 amide bonds. The lowest BCUT2D eigenvalue weighted by molar-refractivity contribution is -0.118. The van der Waals surface area contributed by atoms with E-state index in [4.69, 9.17) is 4.74 Å². The molecule has 0 bridgehead atoms. The summed E-state index contributed by atoms with van der Waals surface area (Å²) in [4.78, 5) is 25.9. The average Bonchev–Trinajstić information content (AvgIpc) is 2.62. The number of nitrogens with zero attached hydrogens (tertiary/aromatic N) is 1. The first-order chi connectivity index (χ1) is 12.0. The van der Waals surface area contributed by atoms with Gasteiger partial charge in [-0.25, -0.2) is 0 Å². The highest BCUT2D eigenvalue weighted by Gasteiger charge is 2.19. The smallest absolute Gasteiger partial charge is 0.262 e. The Morgan fingerprint density at radius 3 is 2.72 bits per heavy atom. The van der Waals surface area contributed by atoms with Gasteiger partial charge in [0.1, 0.15) is 5.75 Å². The van der Waals surface area contributed by atoms with Crippen LogP contribution in [-0.2, 0) is 4.79 Å². The summed E-state index contributed by atoms with van der Waals surface area (Å²) < 4.78 is 5.36. The Morgan fingerprint density at radius 2 is 2.00 bits per heavy atom. The lowest BCUT2D eigenvalue weighted by Crippen LogP contribution is -2.34. The van der Waals surface area contributed by atoms with E-state index in [9.17, 15) is 9.59 Å². The molecule has 1 aliphatic heterocycles. The fourth-order valence-electron chi connectivity index (χ4n) is 2.78. The van der Waals surface area contributed by atoms with Crippen molar-refractivity contribution in [2.45, 2.75) is 6.04 Å². The van der Waals surface area contributed by atoms with Gasteiger partial charge in [0.2, 0.25) is 0 Å². The number of amides is 2. The summed E-state index contributed by atoms with van der Waals surface area (Å²) in [7, 11) is 3.97. The standard InChI is InChI=1S/C19H21N3O3/c1-22(2)16(13-6-4-3-5-7-13)11-20-19(24)14-8-9-15-17(10-14)25-12-18(23)21-15/h3-10,16H,11-12H2,1-2H3,(H,20,24)(H,21,23)/t16-/m0/s1. The molecular formula is C19H21N3O3. The molecule has 0 fully saturated rings. The Hall–Kier alpha value is -2.86. The fourth-order valence-corrected chi connectivity index (χ4v) is 2.78. The lowest BCUT2D eigenvalue weighted by Gasteiger charge is -2.25. The third-order valence-electron chi connectivity index (χ3n) is 4.14. The molecule has 2 N–H and O–H groups in total. The third-order valence-corrected chi connectivity index (χ3v) is 4.14. The number of benzene rings is 2. The SMILES string of the molecule is CN(C)[C@@H](CNC(=O)c1ccc2c(c1)OCC(=O)N2)c1ccccc1. The van der Waals surface area contributed by atoms with Crippen molar-refractivity contribution in [2.24, 2.45) is 0 Å². The van der Waals surface area contributed by atoms with Gasteiger partial charge in [-0.15, -0.1) is 0 Å². The maximum absolute atomic E-state index is 12.5. The molecule has 2 aromatic carbocycles. The van der Waals surface area contributed by atoms with Crippen LogP contribution in [0.5, 0.6) is 5.75 Å². The van der Waals surface area contributed by atoms with Gasteiger partial charge in [-0.2, -0.15) is 0 Å². The van der Waals surface area contributed by atoms with Crippen LogP contribution in [0.15, 0.2) is 48.5 Å². The number of likely N-dealkylation sites (N-methyl/N-ethyl adjacent to an activating group) is 1. The van der Waals surface area contributed by atoms with E-state index in [0.29, 0.717) is 23.5 Å². The molecule has 3 rings (SSSR count). The van der Waals surface area contributed by atoms with Gasteiger partial charge in [0.15, 0.2) is 6.61 Å². The fraction of sp³-hybridized carbons (Fsp3) is 0.263. The molecule has 0 saturated heterocycles. The number of carbonyl (C=O) groups is 2. The number of anilines is 1. The minimum Gasteiger partial charge on any atom is -0.482 e. The highest BCUT2D eigenvalue weighted by molar-refractivity contribution is 5.99. The van der Waals surface area contributed by atoms with Gasteiger partial charge >= 0.3 is 0 Å². The molecule has 6 nitrogen and oxygen atoms in total. The lowest BCUT2D eigenvalue weighted by atomic mass is 10.1. The zero-order valence-electron chi connectivity index (χ0n) is 14.3. The van der Waals surface area contributed by atoms with Crippen molar-refractivity contribution in [3.05, 3.63) is 59.7 Å². The third kappa shape index (κ3) is 3.97. The van der Waals surface area contributed by atoms with Gasteiger partial charge in [0, 0.05) is 12.1 Å². The second-order valence-corrected chi connectivity index (χ2v) is 6.15. The first kappa shape index (κ1) is 17.0. The normalized spacial score (nSPS) is 14.3. The van der Waals surface area contributed by atoms with Crippen molar-refractivity contribution in [3.8, 4) is 5.75 Å². The zero-order valence-corrected chi connectivity index (χ0v) is 14.3. The van der Waals surface area contributed by atoms with Crippen molar-refractivity contribution in [2.75, 3.05) is 32.6 Å². The van der Waals surface area contributed by atoms with Crippen LogP contribution in [0.1, 0.15) is 22.0 Å². The van der Waals surface area contributed by atoms with Crippen LogP contribution in [0, 0.1) is 0 Å². The monoisotopic (exact) mass is 339 g/mol. The summed E-state index contributed by atoms with van der Waals surface area (Å²) >= 11 is 0. The number of nitrogens with one attached hydrogen (secondary N) is 2. The van der Waals surface area contributed by atoms with Crippen molar-refractivity contribution < 1.29 is 14.3 Å². The molecule has 1 aliphatic rings. The predicted molar refractivity (Wildman–Crippen MR) is 95.8 cm³/mol. The minimum absolute atomic E-state index is 0.0330. The Labute approximate surface area is 146 Å². The summed E-state index contributed by atoms with van der Waals surface area (Å²) in [5, 5.41) is 5.68. The quantitative estimate of drug-likeness (QED) is 0.875. The van der Waals surface area contributed by atoms with Crippen molar-refractivity contribution >= 4 is 17.5 Å². The van der Waals surface area contributed by atoms with Gasteiger partial charge in [0.05, 0.1) is 11.7 Å². The number of ether oxygens (including phenoxy) is 1. The van der Waals surface area contributed by atoms with Crippen LogP contribution in [0.4, 0.5) is 5.69 Å². The molecule has 1 atom stereocenters. The Balaban J connectivity index is 1.68. The van der Waals surface area contributed by atoms with Gasteiger partial charge in [-0.1, -0.05) is 30.3 Å². The van der Waals surface area contributed by atoms with Crippen LogP contribution in [-0.4, -0.2) is 44.0 Å². The van der Waals surface area contributed by atoms with Crippen molar-refractivity contribution in [1.82, 2.24) is 10.2 Å². The molecule has 2 aromatic rings. The largest absolute Gasteiger partial charge is 0.482 e. The molecule has 0 aromatic heterocycles. The van der Waals surface area contributed by atoms with Gasteiger partial charge in [-0.05, 0) is 37.9 Å². The van der Waals surface area contributed by atoms with E-state index in [1.165, 1.54) is 0 Å². The Kier molecular flexibility index (Phi) is 5.00. The first-order valence-electron chi connectivity index (χ1n) is 8.11. The molecule has 6 heteroatoms. The zero-order chi connectivity index (χ0) is 17.8. The molecule has 25 heavy (non-hydrogen) atoms. The maximum Gasteiger partial charge on any atom is 0.262 e. The van der Waals surface area contributed by atoms with Crippen molar-refractivity contribution in [1.29, 1.82) is 0 Å². The molecular weight excluding hydrogens is 318 g/mol. The van der Waals surface area contributed by atoms with Gasteiger partial charge in [-0.3, -0.25) is 9.59 Å². The number of hydrogen-bond acceptors (Lipinski definition) is 4. The maximum atomic E-state index is 12.5. The molecule has 0 aliphatic carbocycles. The van der Waals surface area contributed by atoms with Crippen molar-refractivity contribution in [3.63, 3.8) is 0 Å². The Bertz CT molecular complexity index is 775. The summed E-state index contributed by atoms with van der Waals surface area (Å²) in [6, 6.07) is 15.1. The number of fused-ring (bicyclic) bond motifs is 1. The van der Waals surface area contributed by atoms with E-state index in [1.54, 1.807) is 18.2 Å². The van der Waals surface area contributed by atoms with Crippen LogP contribution in [0.25, 0.3) is 0 Å². The number of rotatable bonds is 5. The van der Waals surface area contributed by atoms with E-state index in [2.05, 4.69) is 15.5 Å². The van der Waals surface area contributed by atoms with Crippen LogP contribution in [0.3, 0.4) is 0 Å². The molecule has 0 unspecified atom stereocenters. The molecule has 0 saturated carbocycles. The summed E-state index contributed by atoms with van der Waals surface area (Å²) in [6.07, 6.45) is 0. The molecule has 1 heterocycles. The molecule has 130 valence electrons. The van der Waals surface area contributed by atoms with Crippen LogP contribution >= 0.6 is 0 Å². The summed E-state index contributed by atoms with van der Waals surface area (Å²) in [5.74, 6) is 0.145. The van der Waals surface area contributed by atoms with Gasteiger partial charge in [0.25, 0.3) is 11.8 Å². The predicted octanol–water partition coefficient (Wildman–Crippen LogP) is 2.05. The highest BCUT2D eigenvalue weighted by atomic mass is 16.5. The Morgan fingerprint density at radius 1 is 1.24 bits per heavy atom. The van der Waals surface area contributed by atoms with E-state index in [-0.39, 0.29) is 24.5 Å². The van der Waals surface area contributed by atoms with E-state index >= 15 is 0 Å².